The summed E-state index contributed by atoms with van der Waals surface area (Å²) in [5, 5.41) is 0. The van der Waals surface area contributed by atoms with E-state index in [1.807, 2.05) is 4.72 Å². The first-order valence-electron chi connectivity index (χ1n) is 5.81. The molecule has 0 saturated heterocycles. The number of halogens is 3. The molecule has 3 N–H and O–H groups in total. The maximum absolute atomic E-state index is 13.6. The van der Waals surface area contributed by atoms with E-state index in [-0.39, 0.29) is 12.1 Å². The minimum atomic E-state index is -4.29. The number of sulfonamides is 1. The van der Waals surface area contributed by atoms with Crippen LogP contribution in [-0.4, -0.2) is 8.42 Å². The van der Waals surface area contributed by atoms with Crippen molar-refractivity contribution in [1.29, 1.82) is 0 Å². The fourth-order valence-corrected chi connectivity index (χ4v) is 3.09. The van der Waals surface area contributed by atoms with E-state index >= 15 is 0 Å². The van der Waals surface area contributed by atoms with Crippen LogP contribution in [0.15, 0.2) is 41.3 Å². The summed E-state index contributed by atoms with van der Waals surface area (Å²) in [5.41, 5.74) is 4.53. The van der Waals surface area contributed by atoms with Gasteiger partial charge in [0.05, 0.1) is 10.6 Å². The lowest BCUT2D eigenvalue weighted by Crippen LogP contribution is -2.18. The lowest BCUT2D eigenvalue weighted by Gasteiger charge is -2.12. The number of hydrogen-bond acceptors (Lipinski definition) is 3. The highest BCUT2D eigenvalue weighted by Crippen LogP contribution is 2.24. The predicted molar refractivity (Wildman–Crippen MR) is 71.5 cm³/mol. The lowest BCUT2D eigenvalue weighted by molar-refractivity contribution is 0.511. The summed E-state index contributed by atoms with van der Waals surface area (Å²) in [5.74, 6) is -3.33. The van der Waals surface area contributed by atoms with Gasteiger partial charge in [0.1, 0.15) is 5.82 Å². The smallest absolute Gasteiger partial charge is 0.262 e. The van der Waals surface area contributed by atoms with E-state index in [1.165, 1.54) is 6.07 Å². The average Bonchev–Trinajstić information content (AvgIpc) is 2.43. The van der Waals surface area contributed by atoms with Crippen LogP contribution in [0.5, 0.6) is 0 Å². The second kappa shape index (κ2) is 5.74. The summed E-state index contributed by atoms with van der Waals surface area (Å²) in [7, 11) is -4.29. The number of nitrogens with two attached hydrogens (primary N) is 1. The molecule has 0 bridgehead atoms. The molecule has 2 aromatic carbocycles. The molecule has 112 valence electrons. The molecule has 0 unspecified atom stereocenters. The van der Waals surface area contributed by atoms with Crippen molar-refractivity contribution >= 4 is 15.7 Å². The van der Waals surface area contributed by atoms with E-state index in [2.05, 4.69) is 0 Å². The zero-order valence-corrected chi connectivity index (χ0v) is 11.4. The highest BCUT2D eigenvalue weighted by Gasteiger charge is 2.22. The van der Waals surface area contributed by atoms with Gasteiger partial charge in [0.25, 0.3) is 10.0 Å². The van der Waals surface area contributed by atoms with Crippen molar-refractivity contribution in [1.82, 2.24) is 0 Å². The zero-order chi connectivity index (χ0) is 15.6. The minimum Gasteiger partial charge on any atom is -0.326 e. The van der Waals surface area contributed by atoms with Crippen molar-refractivity contribution in [2.75, 3.05) is 4.72 Å². The Morgan fingerprint density at radius 2 is 1.62 bits per heavy atom. The number of rotatable bonds is 4. The van der Waals surface area contributed by atoms with E-state index in [9.17, 15) is 21.6 Å². The van der Waals surface area contributed by atoms with Gasteiger partial charge in [-0.05, 0) is 24.3 Å². The van der Waals surface area contributed by atoms with Crippen LogP contribution in [0, 0.1) is 17.5 Å². The maximum atomic E-state index is 13.6. The van der Waals surface area contributed by atoms with Gasteiger partial charge in [0.15, 0.2) is 11.6 Å². The summed E-state index contributed by atoms with van der Waals surface area (Å²) in [6, 6.07) is 6.42. The van der Waals surface area contributed by atoms with Gasteiger partial charge in [-0.2, -0.15) is 0 Å². The van der Waals surface area contributed by atoms with Gasteiger partial charge in [-0.1, -0.05) is 12.1 Å². The Morgan fingerprint density at radius 1 is 1.00 bits per heavy atom. The molecule has 0 aliphatic heterocycles. The van der Waals surface area contributed by atoms with Crippen LogP contribution in [0.25, 0.3) is 0 Å². The normalized spacial score (nSPS) is 11.4. The Bertz CT molecular complexity index is 779. The quantitative estimate of drug-likeness (QED) is 0.909. The Morgan fingerprint density at radius 3 is 2.29 bits per heavy atom. The monoisotopic (exact) mass is 316 g/mol. The molecule has 0 saturated carbocycles. The molecule has 21 heavy (non-hydrogen) atoms. The van der Waals surface area contributed by atoms with E-state index in [0.717, 1.165) is 30.3 Å². The summed E-state index contributed by atoms with van der Waals surface area (Å²) in [6.45, 7) is -0.353. The summed E-state index contributed by atoms with van der Waals surface area (Å²) in [4.78, 5) is -0.423. The first-order valence-corrected chi connectivity index (χ1v) is 7.29. The largest absolute Gasteiger partial charge is 0.326 e. The second-order valence-corrected chi connectivity index (χ2v) is 5.78. The third-order valence-electron chi connectivity index (χ3n) is 2.77. The Kier molecular flexibility index (Phi) is 4.19. The highest BCUT2D eigenvalue weighted by molar-refractivity contribution is 7.92. The first kappa shape index (κ1) is 15.3. The average molecular weight is 316 g/mol. The molecule has 0 aliphatic rings. The van der Waals surface area contributed by atoms with Crippen molar-refractivity contribution in [3.8, 4) is 0 Å². The maximum Gasteiger partial charge on any atom is 0.262 e. The van der Waals surface area contributed by atoms with Crippen molar-refractivity contribution in [3.63, 3.8) is 0 Å². The number of benzene rings is 2. The molecule has 2 aromatic rings. The molecular weight excluding hydrogens is 305 g/mol. The summed E-state index contributed by atoms with van der Waals surface area (Å²) < 4.78 is 66.4. The molecule has 0 radical (unpaired) electrons. The summed E-state index contributed by atoms with van der Waals surface area (Å²) in [6.07, 6.45) is 0. The molecule has 0 fully saturated rings. The third kappa shape index (κ3) is 3.01. The SMILES string of the molecule is NCc1c(F)cccc1S(=O)(=O)Nc1cccc(F)c1F. The standard InChI is InChI=1S/C13H11F3N2O2S/c14-9-3-2-6-12(8(9)7-17)21(19,20)18-11-5-1-4-10(15)13(11)16/h1-6,18H,7,17H2. The second-order valence-electron chi connectivity index (χ2n) is 4.13. The van der Waals surface area contributed by atoms with Crippen LogP contribution in [-0.2, 0) is 16.6 Å². The summed E-state index contributed by atoms with van der Waals surface area (Å²) >= 11 is 0. The van der Waals surface area contributed by atoms with Gasteiger partial charge in [-0.3, -0.25) is 4.72 Å². The number of nitrogens with one attached hydrogen (secondary N) is 1. The fraction of sp³-hybridized carbons (Fsp3) is 0.0769. The molecule has 2 rings (SSSR count). The van der Waals surface area contributed by atoms with Crippen LogP contribution >= 0.6 is 0 Å². The van der Waals surface area contributed by atoms with Gasteiger partial charge >= 0.3 is 0 Å². The van der Waals surface area contributed by atoms with E-state index in [0.29, 0.717) is 0 Å². The predicted octanol–water partition coefficient (Wildman–Crippen LogP) is 2.36. The van der Waals surface area contributed by atoms with Crippen LogP contribution in [0.4, 0.5) is 18.9 Å². The highest BCUT2D eigenvalue weighted by atomic mass is 32.2. The van der Waals surface area contributed by atoms with Crippen LogP contribution in [0.3, 0.4) is 0 Å². The fourth-order valence-electron chi connectivity index (χ4n) is 1.77. The molecule has 0 aromatic heterocycles. The van der Waals surface area contributed by atoms with Crippen molar-refractivity contribution < 1.29 is 21.6 Å². The topological polar surface area (TPSA) is 72.2 Å². The molecule has 0 amide bonds. The van der Waals surface area contributed by atoms with E-state index in [1.54, 1.807) is 0 Å². The number of hydrogen-bond donors (Lipinski definition) is 2. The van der Waals surface area contributed by atoms with E-state index < -0.39 is 38.1 Å². The molecule has 0 atom stereocenters. The van der Waals surface area contributed by atoms with Crippen molar-refractivity contribution in [3.05, 3.63) is 59.4 Å². The first-order chi connectivity index (χ1) is 9.86. The number of anilines is 1. The Labute approximate surface area is 119 Å². The van der Waals surface area contributed by atoms with Crippen LogP contribution in [0.1, 0.15) is 5.56 Å². The van der Waals surface area contributed by atoms with Crippen molar-refractivity contribution in [2.45, 2.75) is 11.4 Å². The Balaban J connectivity index is 2.49. The van der Waals surface area contributed by atoms with Gasteiger partial charge in [0.2, 0.25) is 0 Å². The van der Waals surface area contributed by atoms with Crippen LogP contribution in [0.2, 0.25) is 0 Å². The molecule has 4 nitrogen and oxygen atoms in total. The van der Waals surface area contributed by atoms with Gasteiger partial charge in [-0.15, -0.1) is 0 Å². The molecule has 8 heteroatoms. The third-order valence-corrected chi connectivity index (χ3v) is 4.22. The molecular formula is C13H11F3N2O2S. The van der Waals surface area contributed by atoms with Crippen molar-refractivity contribution in [2.24, 2.45) is 5.73 Å². The van der Waals surface area contributed by atoms with Gasteiger partial charge < -0.3 is 5.73 Å². The van der Waals surface area contributed by atoms with Gasteiger partial charge in [-0.25, -0.2) is 21.6 Å². The molecule has 0 aliphatic carbocycles. The minimum absolute atomic E-state index is 0.234. The Hall–Kier alpha value is -2.06. The van der Waals surface area contributed by atoms with E-state index in [4.69, 9.17) is 5.73 Å². The zero-order valence-electron chi connectivity index (χ0n) is 10.6. The molecule has 0 spiro atoms. The van der Waals surface area contributed by atoms with Crippen LogP contribution < -0.4 is 10.5 Å². The van der Waals surface area contributed by atoms with Gasteiger partial charge in [0, 0.05) is 12.1 Å². The molecule has 0 heterocycles. The lowest BCUT2D eigenvalue weighted by atomic mass is 10.2.